The second kappa shape index (κ2) is 12.0. The minimum absolute atomic E-state index is 0.125. The zero-order valence-electron chi connectivity index (χ0n) is 35.4. The predicted octanol–water partition coefficient (Wildman–Crippen LogP) is 14.3. The Morgan fingerprint density at radius 3 is 1.37 bits per heavy atom. The Kier molecular flexibility index (Phi) is 5.21. The van der Waals surface area contributed by atoms with Crippen LogP contribution < -0.4 is 4.90 Å². The molecule has 0 saturated heterocycles. The fourth-order valence-corrected chi connectivity index (χ4v) is 7.38. The minimum atomic E-state index is -0.384. The Hall–Kier alpha value is -6.70. The van der Waals surface area contributed by atoms with Gasteiger partial charge in [-0.05, 0) is 107 Å². The highest BCUT2D eigenvalue weighted by Gasteiger charge is 2.18. The van der Waals surface area contributed by atoms with E-state index in [9.17, 15) is 11.0 Å². The Morgan fingerprint density at radius 1 is 0.314 bits per heavy atom. The molecule has 0 saturated carbocycles. The summed E-state index contributed by atoms with van der Waals surface area (Å²) in [7, 11) is 0. The number of nitrogens with zero attached hydrogens (tertiary/aromatic N) is 1. The Labute approximate surface area is 308 Å². The van der Waals surface area contributed by atoms with Gasteiger partial charge in [-0.2, -0.15) is 0 Å². The number of rotatable bonds is 5. The molecular formula is C50H33N. The van der Waals surface area contributed by atoms with E-state index in [-0.39, 0.29) is 70.8 Å². The molecule has 0 bridgehead atoms. The first-order valence-electron chi connectivity index (χ1n) is 21.0. The van der Waals surface area contributed by atoms with E-state index in [0.29, 0.717) is 22.2 Å². The molecule has 238 valence electrons. The number of hydrogen-bond acceptors (Lipinski definition) is 1. The SMILES string of the molecule is [2H]c1c([2H])c(N(c2c([2H])c([2H])c(-c3cc4ccccc4c4ccccc34)c([2H])c2[2H])c2cc3ccccc3c3ccccc23)c([2H])c([2H])c1-c1cccc2ccccc12. The van der Waals surface area contributed by atoms with Crippen molar-refractivity contribution in [3.05, 3.63) is 200 Å². The highest BCUT2D eigenvalue weighted by atomic mass is 15.1. The highest BCUT2D eigenvalue weighted by Crippen LogP contribution is 2.44. The number of benzene rings is 10. The van der Waals surface area contributed by atoms with Gasteiger partial charge in [-0.15, -0.1) is 0 Å². The van der Waals surface area contributed by atoms with Gasteiger partial charge in [0.25, 0.3) is 0 Å². The summed E-state index contributed by atoms with van der Waals surface area (Å²) < 4.78 is 77.1. The second-order valence-corrected chi connectivity index (χ2v) is 12.7. The third-order valence-electron chi connectivity index (χ3n) is 9.75. The van der Waals surface area contributed by atoms with Crippen LogP contribution >= 0.6 is 0 Å². The molecule has 10 aromatic rings. The highest BCUT2D eigenvalue weighted by molar-refractivity contribution is 6.15. The van der Waals surface area contributed by atoms with Crippen LogP contribution in [-0.4, -0.2) is 0 Å². The van der Waals surface area contributed by atoms with Gasteiger partial charge in [-0.3, -0.25) is 0 Å². The van der Waals surface area contributed by atoms with E-state index < -0.39 is 0 Å². The Bertz CT molecular complexity index is 3330. The molecule has 10 rings (SSSR count). The summed E-state index contributed by atoms with van der Waals surface area (Å²) in [4.78, 5) is 1.42. The molecule has 0 atom stereocenters. The van der Waals surface area contributed by atoms with Gasteiger partial charge in [-0.1, -0.05) is 164 Å². The molecule has 1 nitrogen and oxygen atoms in total. The van der Waals surface area contributed by atoms with Crippen LogP contribution in [0.5, 0.6) is 0 Å². The molecule has 0 spiro atoms. The molecule has 0 aliphatic carbocycles. The van der Waals surface area contributed by atoms with Crippen molar-refractivity contribution in [2.45, 2.75) is 0 Å². The zero-order valence-corrected chi connectivity index (χ0v) is 27.4. The second-order valence-electron chi connectivity index (χ2n) is 12.7. The summed E-state index contributed by atoms with van der Waals surface area (Å²) >= 11 is 0. The topological polar surface area (TPSA) is 3.24 Å². The van der Waals surface area contributed by atoms with Crippen molar-refractivity contribution in [1.82, 2.24) is 0 Å². The van der Waals surface area contributed by atoms with E-state index in [1.165, 1.54) is 4.90 Å². The Morgan fingerprint density at radius 2 is 0.745 bits per heavy atom. The summed E-state index contributed by atoms with van der Waals surface area (Å²) in [5.41, 5.74) is 1.37. The summed E-state index contributed by atoms with van der Waals surface area (Å²) in [5, 5.41) is 8.51. The molecule has 0 aromatic heterocycles. The summed E-state index contributed by atoms with van der Waals surface area (Å²) in [6.07, 6.45) is 0. The van der Waals surface area contributed by atoms with Gasteiger partial charge in [0.2, 0.25) is 0 Å². The first-order chi connectivity index (χ1) is 28.7. The van der Waals surface area contributed by atoms with Crippen LogP contribution in [-0.2, 0) is 0 Å². The molecule has 51 heavy (non-hydrogen) atoms. The molecule has 0 fully saturated rings. The van der Waals surface area contributed by atoms with Gasteiger partial charge in [-0.25, -0.2) is 0 Å². The standard InChI is InChI=1S/C50H33N/c1-4-16-41-34(12-1)15-11-23-42(41)35-24-28-39(29-25-35)51(50-33-38-14-3-6-18-44(38)46-20-9-10-22-48(46)50)40-30-26-36(27-31-40)49-32-37-13-2-5-17-43(37)45-19-7-8-21-47(45)49/h1-33H/i24D,25D,26D,27D,28D,29D,30D,31D. The first kappa shape index (κ1) is 22.1. The molecule has 0 heterocycles. The quantitative estimate of drug-likeness (QED) is 0.167. The lowest BCUT2D eigenvalue weighted by atomic mass is 9.93. The third-order valence-corrected chi connectivity index (χ3v) is 9.75. The van der Waals surface area contributed by atoms with Crippen molar-refractivity contribution in [3.8, 4) is 22.3 Å². The van der Waals surface area contributed by atoms with Gasteiger partial charge in [0.05, 0.1) is 16.7 Å². The van der Waals surface area contributed by atoms with Crippen LogP contribution in [0, 0.1) is 0 Å². The van der Waals surface area contributed by atoms with Crippen LogP contribution in [0.15, 0.2) is 200 Å². The fraction of sp³-hybridized carbons (Fsp3) is 0. The van der Waals surface area contributed by atoms with E-state index in [4.69, 9.17) is 0 Å². The van der Waals surface area contributed by atoms with Gasteiger partial charge in [0.1, 0.15) is 0 Å². The van der Waals surface area contributed by atoms with Crippen molar-refractivity contribution >= 4 is 70.9 Å². The molecule has 0 aliphatic rings. The van der Waals surface area contributed by atoms with E-state index in [0.717, 1.165) is 48.5 Å². The summed E-state index contributed by atoms with van der Waals surface area (Å²) in [6, 6.07) is 45.2. The maximum Gasteiger partial charge on any atom is 0.0645 e. The van der Waals surface area contributed by atoms with Crippen molar-refractivity contribution in [2.75, 3.05) is 4.90 Å². The van der Waals surface area contributed by atoms with Crippen LogP contribution in [0.3, 0.4) is 0 Å². The molecule has 0 amide bonds. The molecular weight excluding hydrogens is 615 g/mol. The summed E-state index contributed by atoms with van der Waals surface area (Å²) in [6.45, 7) is 0. The Balaban J connectivity index is 1.31. The van der Waals surface area contributed by atoms with E-state index in [2.05, 4.69) is 0 Å². The molecule has 0 radical (unpaired) electrons. The maximum absolute atomic E-state index is 9.76. The van der Waals surface area contributed by atoms with Crippen LogP contribution in [0.4, 0.5) is 17.1 Å². The normalized spacial score (nSPS) is 13.7. The van der Waals surface area contributed by atoms with Crippen molar-refractivity contribution in [2.24, 2.45) is 0 Å². The average Bonchev–Trinajstić information content (AvgIpc) is 3.27. The lowest BCUT2D eigenvalue weighted by molar-refractivity contribution is 1.30. The van der Waals surface area contributed by atoms with E-state index in [1.54, 1.807) is 6.07 Å². The van der Waals surface area contributed by atoms with Gasteiger partial charge in [0, 0.05) is 16.8 Å². The average molecular weight is 656 g/mol. The predicted molar refractivity (Wildman–Crippen MR) is 220 cm³/mol. The van der Waals surface area contributed by atoms with Gasteiger partial charge >= 0.3 is 0 Å². The molecule has 10 aromatic carbocycles. The van der Waals surface area contributed by atoms with Crippen molar-refractivity contribution in [3.63, 3.8) is 0 Å². The van der Waals surface area contributed by atoms with E-state index >= 15 is 0 Å². The van der Waals surface area contributed by atoms with Crippen molar-refractivity contribution in [1.29, 1.82) is 0 Å². The summed E-state index contributed by atoms with van der Waals surface area (Å²) in [5.74, 6) is 0. The zero-order chi connectivity index (χ0) is 40.7. The minimum Gasteiger partial charge on any atom is -0.310 e. The lowest BCUT2D eigenvalue weighted by Gasteiger charge is -2.28. The third kappa shape index (κ3) is 4.94. The van der Waals surface area contributed by atoms with Crippen LogP contribution in [0.1, 0.15) is 11.0 Å². The van der Waals surface area contributed by atoms with Crippen LogP contribution in [0.25, 0.3) is 76.1 Å². The molecule has 0 N–H and O–H groups in total. The molecule has 0 unspecified atom stereocenters. The molecule has 1 heteroatoms. The largest absolute Gasteiger partial charge is 0.310 e. The van der Waals surface area contributed by atoms with Gasteiger partial charge < -0.3 is 4.90 Å². The number of fused-ring (bicyclic) bond motifs is 7. The fourth-order valence-electron chi connectivity index (χ4n) is 7.38. The maximum atomic E-state index is 9.76. The van der Waals surface area contributed by atoms with Gasteiger partial charge in [0.15, 0.2) is 0 Å². The first-order valence-corrected chi connectivity index (χ1v) is 17.0. The molecule has 0 aliphatic heterocycles. The van der Waals surface area contributed by atoms with E-state index in [1.807, 2.05) is 146 Å². The monoisotopic (exact) mass is 655 g/mol. The van der Waals surface area contributed by atoms with Crippen LogP contribution in [0.2, 0.25) is 0 Å². The number of anilines is 3. The number of hydrogen-bond donors (Lipinski definition) is 0. The lowest BCUT2D eigenvalue weighted by Crippen LogP contribution is -2.10. The smallest absolute Gasteiger partial charge is 0.0645 e. The van der Waals surface area contributed by atoms with Crippen molar-refractivity contribution < 1.29 is 11.0 Å².